The molecule has 0 spiro atoms. The molecular formula is C19H19N3OS. The van der Waals surface area contributed by atoms with Gasteiger partial charge in [-0.25, -0.2) is 4.98 Å². The Morgan fingerprint density at radius 2 is 1.83 bits per heavy atom. The Morgan fingerprint density at radius 1 is 1.12 bits per heavy atom. The smallest absolute Gasteiger partial charge is 0.257 e. The summed E-state index contributed by atoms with van der Waals surface area (Å²) in [7, 11) is 0. The molecule has 2 heterocycles. The van der Waals surface area contributed by atoms with Gasteiger partial charge in [-0.15, -0.1) is 11.3 Å². The Labute approximate surface area is 145 Å². The Balaban J connectivity index is 1.88. The van der Waals surface area contributed by atoms with Gasteiger partial charge in [-0.1, -0.05) is 43.2 Å². The number of carbonyl (C=O) groups excluding carboxylic acids is 1. The van der Waals surface area contributed by atoms with Crippen molar-refractivity contribution in [1.82, 2.24) is 9.97 Å². The molecular weight excluding hydrogens is 318 g/mol. The minimum atomic E-state index is -0.162. The molecule has 0 aliphatic heterocycles. The first-order valence-electron chi connectivity index (χ1n) is 7.95. The number of thiazole rings is 1. The molecule has 2 aromatic heterocycles. The average molecular weight is 337 g/mol. The Hall–Kier alpha value is -2.53. The number of nitrogens with one attached hydrogen (secondary N) is 1. The van der Waals surface area contributed by atoms with E-state index in [1.54, 1.807) is 35.9 Å². The second-order valence-electron chi connectivity index (χ2n) is 5.60. The third-order valence-corrected chi connectivity index (χ3v) is 4.69. The summed E-state index contributed by atoms with van der Waals surface area (Å²) in [5, 5.41) is 3.53. The quantitative estimate of drug-likeness (QED) is 0.733. The van der Waals surface area contributed by atoms with Crippen LogP contribution in [-0.2, 0) is 6.42 Å². The van der Waals surface area contributed by atoms with Crippen LogP contribution in [0.15, 0.2) is 48.8 Å². The van der Waals surface area contributed by atoms with Crippen LogP contribution in [0.25, 0.3) is 11.3 Å². The van der Waals surface area contributed by atoms with Crippen LogP contribution in [-0.4, -0.2) is 15.9 Å². The highest BCUT2D eigenvalue weighted by Gasteiger charge is 2.15. The fraction of sp³-hybridized carbons (Fsp3) is 0.211. The highest BCUT2D eigenvalue weighted by atomic mass is 32.1. The zero-order valence-corrected chi connectivity index (χ0v) is 14.6. The molecule has 0 fully saturated rings. The maximum atomic E-state index is 12.3. The van der Waals surface area contributed by atoms with Gasteiger partial charge >= 0.3 is 0 Å². The van der Waals surface area contributed by atoms with Crippen molar-refractivity contribution in [3.05, 3.63) is 64.8 Å². The minimum Gasteiger partial charge on any atom is -0.298 e. The molecule has 0 atom stereocenters. The number of aromatic nitrogens is 2. The summed E-state index contributed by atoms with van der Waals surface area (Å²) in [5.74, 6) is -0.162. The maximum absolute atomic E-state index is 12.3. The molecule has 1 N–H and O–H groups in total. The summed E-state index contributed by atoms with van der Waals surface area (Å²) in [5.41, 5.74) is 3.85. The van der Waals surface area contributed by atoms with E-state index in [1.165, 1.54) is 10.4 Å². The standard InChI is InChI=1S/C19H19N3OS/c1-3-4-16-17(14-7-5-13(2)6-8-14)21-19(24-16)22-18(23)15-9-11-20-12-10-15/h5-12H,3-4H2,1-2H3,(H,21,22,23). The van der Waals surface area contributed by atoms with E-state index in [0.717, 1.165) is 24.1 Å². The number of rotatable bonds is 5. The van der Waals surface area contributed by atoms with E-state index in [2.05, 4.69) is 53.4 Å². The van der Waals surface area contributed by atoms with Gasteiger partial charge in [0.25, 0.3) is 5.91 Å². The van der Waals surface area contributed by atoms with E-state index in [0.29, 0.717) is 10.7 Å². The molecule has 0 unspecified atom stereocenters. The molecule has 24 heavy (non-hydrogen) atoms. The van der Waals surface area contributed by atoms with Crippen molar-refractivity contribution in [2.24, 2.45) is 0 Å². The molecule has 4 nitrogen and oxygen atoms in total. The summed E-state index contributed by atoms with van der Waals surface area (Å²) in [4.78, 5) is 22.1. The number of pyridine rings is 1. The molecule has 3 aromatic rings. The molecule has 0 saturated heterocycles. The molecule has 0 bridgehead atoms. The number of aryl methyl sites for hydroxylation is 2. The number of hydrogen-bond donors (Lipinski definition) is 1. The summed E-state index contributed by atoms with van der Waals surface area (Å²) >= 11 is 1.55. The van der Waals surface area contributed by atoms with Crippen molar-refractivity contribution in [2.75, 3.05) is 5.32 Å². The van der Waals surface area contributed by atoms with Crippen molar-refractivity contribution in [3.63, 3.8) is 0 Å². The van der Waals surface area contributed by atoms with E-state index >= 15 is 0 Å². The predicted octanol–water partition coefficient (Wildman–Crippen LogP) is 4.72. The van der Waals surface area contributed by atoms with Gasteiger partial charge in [0.05, 0.1) is 5.69 Å². The average Bonchev–Trinajstić information content (AvgIpc) is 2.99. The number of anilines is 1. The van der Waals surface area contributed by atoms with Crippen LogP contribution in [0.2, 0.25) is 0 Å². The minimum absolute atomic E-state index is 0.162. The molecule has 0 aliphatic rings. The van der Waals surface area contributed by atoms with Crippen LogP contribution >= 0.6 is 11.3 Å². The maximum Gasteiger partial charge on any atom is 0.257 e. The highest BCUT2D eigenvalue weighted by molar-refractivity contribution is 7.16. The van der Waals surface area contributed by atoms with Gasteiger partial charge in [0, 0.05) is 28.4 Å². The molecule has 3 rings (SSSR count). The Morgan fingerprint density at radius 3 is 2.50 bits per heavy atom. The molecule has 0 radical (unpaired) electrons. The number of amides is 1. The number of hydrogen-bond acceptors (Lipinski definition) is 4. The lowest BCUT2D eigenvalue weighted by Gasteiger charge is -2.01. The van der Waals surface area contributed by atoms with E-state index in [4.69, 9.17) is 0 Å². The SMILES string of the molecule is CCCc1sc(NC(=O)c2ccncc2)nc1-c1ccc(C)cc1. The van der Waals surface area contributed by atoms with Crippen LogP contribution < -0.4 is 5.32 Å². The van der Waals surface area contributed by atoms with Gasteiger partial charge in [0.2, 0.25) is 0 Å². The van der Waals surface area contributed by atoms with Crippen molar-refractivity contribution < 1.29 is 4.79 Å². The van der Waals surface area contributed by atoms with Gasteiger partial charge < -0.3 is 0 Å². The zero-order chi connectivity index (χ0) is 16.9. The molecule has 5 heteroatoms. The van der Waals surface area contributed by atoms with Crippen LogP contribution in [0.1, 0.15) is 34.1 Å². The lowest BCUT2D eigenvalue weighted by molar-refractivity contribution is 0.102. The topological polar surface area (TPSA) is 54.9 Å². The van der Waals surface area contributed by atoms with Crippen molar-refractivity contribution in [3.8, 4) is 11.3 Å². The predicted molar refractivity (Wildman–Crippen MR) is 98.5 cm³/mol. The summed E-state index contributed by atoms with van der Waals surface area (Å²) in [6, 6.07) is 11.7. The molecule has 0 aliphatic carbocycles. The van der Waals surface area contributed by atoms with E-state index in [-0.39, 0.29) is 5.91 Å². The van der Waals surface area contributed by atoms with E-state index in [9.17, 15) is 4.79 Å². The third kappa shape index (κ3) is 3.68. The lowest BCUT2D eigenvalue weighted by atomic mass is 10.1. The second kappa shape index (κ2) is 7.36. The van der Waals surface area contributed by atoms with Crippen LogP contribution in [0.3, 0.4) is 0 Å². The number of nitrogens with zero attached hydrogens (tertiary/aromatic N) is 2. The Bertz CT molecular complexity index is 826. The normalized spacial score (nSPS) is 10.6. The summed E-state index contributed by atoms with van der Waals surface area (Å²) in [6.07, 6.45) is 5.21. The van der Waals surface area contributed by atoms with Crippen LogP contribution in [0, 0.1) is 6.92 Å². The van der Waals surface area contributed by atoms with Gasteiger partial charge in [-0.05, 0) is 25.5 Å². The molecule has 122 valence electrons. The summed E-state index contributed by atoms with van der Waals surface area (Å²) in [6.45, 7) is 4.21. The fourth-order valence-corrected chi connectivity index (χ4v) is 3.49. The number of carbonyl (C=O) groups is 1. The van der Waals surface area contributed by atoms with Crippen LogP contribution in [0.5, 0.6) is 0 Å². The largest absolute Gasteiger partial charge is 0.298 e. The van der Waals surface area contributed by atoms with Gasteiger partial charge in [0.15, 0.2) is 5.13 Å². The molecule has 1 amide bonds. The first-order valence-corrected chi connectivity index (χ1v) is 8.77. The van der Waals surface area contributed by atoms with Gasteiger partial charge in [-0.2, -0.15) is 0 Å². The molecule has 1 aromatic carbocycles. The zero-order valence-electron chi connectivity index (χ0n) is 13.7. The lowest BCUT2D eigenvalue weighted by Crippen LogP contribution is -2.11. The molecule has 0 saturated carbocycles. The Kier molecular flexibility index (Phi) is 5.01. The third-order valence-electron chi connectivity index (χ3n) is 3.66. The first-order chi connectivity index (χ1) is 11.7. The monoisotopic (exact) mass is 337 g/mol. The van der Waals surface area contributed by atoms with Crippen molar-refractivity contribution >= 4 is 22.4 Å². The van der Waals surface area contributed by atoms with Crippen molar-refractivity contribution in [1.29, 1.82) is 0 Å². The van der Waals surface area contributed by atoms with Crippen molar-refractivity contribution in [2.45, 2.75) is 26.7 Å². The number of benzene rings is 1. The highest BCUT2D eigenvalue weighted by Crippen LogP contribution is 2.32. The van der Waals surface area contributed by atoms with Gasteiger partial charge in [-0.3, -0.25) is 15.1 Å². The fourth-order valence-electron chi connectivity index (χ4n) is 2.41. The second-order valence-corrected chi connectivity index (χ2v) is 6.68. The summed E-state index contributed by atoms with van der Waals surface area (Å²) < 4.78 is 0. The first kappa shape index (κ1) is 16.3. The van der Waals surface area contributed by atoms with E-state index < -0.39 is 0 Å². The van der Waals surface area contributed by atoms with Gasteiger partial charge in [0.1, 0.15) is 0 Å². The van der Waals surface area contributed by atoms with E-state index in [1.807, 2.05) is 0 Å². The van der Waals surface area contributed by atoms with Crippen LogP contribution in [0.4, 0.5) is 5.13 Å².